The Bertz CT molecular complexity index is 1540. The van der Waals surface area contributed by atoms with E-state index in [4.69, 9.17) is 16.3 Å². The summed E-state index contributed by atoms with van der Waals surface area (Å²) >= 11 is 7.33. The predicted octanol–water partition coefficient (Wildman–Crippen LogP) is 5.16. The van der Waals surface area contributed by atoms with Crippen molar-refractivity contribution in [2.45, 2.75) is 45.1 Å². The van der Waals surface area contributed by atoms with Gasteiger partial charge in [0.2, 0.25) is 0 Å². The van der Waals surface area contributed by atoms with Crippen LogP contribution in [0.1, 0.15) is 48.3 Å². The number of hydrogen-bond donors (Lipinski definition) is 1. The topological polar surface area (TPSA) is 98.3 Å². The number of ether oxygens (including phenoxy) is 1. The Balaban J connectivity index is 0.00000220. The first-order valence-electron chi connectivity index (χ1n) is 12.2. The molecule has 1 aromatic heterocycles. The van der Waals surface area contributed by atoms with Crippen LogP contribution >= 0.6 is 23.1 Å². The second kappa shape index (κ2) is 12.9. The molecule has 0 radical (unpaired) electrons. The molecular formula is C30H26ClFN2NaO4S-. The molecule has 1 atom stereocenters. The summed E-state index contributed by atoms with van der Waals surface area (Å²) in [5.41, 5.74) is 4.94. The average molecular weight is 588 g/mol. The van der Waals surface area contributed by atoms with Gasteiger partial charge in [-0.05, 0) is 67.2 Å². The van der Waals surface area contributed by atoms with Gasteiger partial charge in [-0.1, -0.05) is 72.5 Å². The number of aryl methyl sites for hydroxylation is 2. The summed E-state index contributed by atoms with van der Waals surface area (Å²) in [5, 5.41) is 3.25. The maximum atomic E-state index is 15.5. The van der Waals surface area contributed by atoms with Crippen LogP contribution < -0.4 is 34.9 Å². The van der Waals surface area contributed by atoms with Gasteiger partial charge in [0.25, 0.3) is 0 Å². The third-order valence-electron chi connectivity index (χ3n) is 6.97. The van der Waals surface area contributed by atoms with Crippen LogP contribution in [0.25, 0.3) is 21.6 Å². The van der Waals surface area contributed by atoms with Crippen molar-refractivity contribution in [2.75, 3.05) is 5.32 Å². The van der Waals surface area contributed by atoms with E-state index in [1.54, 1.807) is 38.1 Å². The molecule has 1 aliphatic rings. The molecule has 0 saturated heterocycles. The van der Waals surface area contributed by atoms with Crippen LogP contribution in [0.4, 0.5) is 14.9 Å². The van der Waals surface area contributed by atoms with Gasteiger partial charge in [0, 0.05) is 16.1 Å². The molecule has 1 heterocycles. The van der Waals surface area contributed by atoms with Crippen molar-refractivity contribution in [3.63, 3.8) is 0 Å². The van der Waals surface area contributed by atoms with Crippen LogP contribution in [0.15, 0.2) is 60.7 Å². The number of nitrogens with zero attached hydrogens (tertiary/aromatic N) is 1. The fourth-order valence-electron chi connectivity index (χ4n) is 4.57. The molecule has 40 heavy (non-hydrogen) atoms. The number of benzene rings is 3. The summed E-state index contributed by atoms with van der Waals surface area (Å²) in [7, 11) is 0. The van der Waals surface area contributed by atoms with Gasteiger partial charge < -0.3 is 15.0 Å². The monoisotopic (exact) mass is 587 g/mol. The third-order valence-corrected chi connectivity index (χ3v) is 8.29. The minimum atomic E-state index is -0.684. The van der Waals surface area contributed by atoms with E-state index in [1.165, 1.54) is 6.07 Å². The van der Waals surface area contributed by atoms with Crippen molar-refractivity contribution >= 4 is 41.2 Å². The zero-order chi connectivity index (χ0) is 27.0. The Kier molecular flexibility index (Phi) is 10.3. The molecule has 1 aliphatic carbocycles. The van der Waals surface area contributed by atoms with E-state index in [9.17, 15) is 9.59 Å². The molecule has 202 valence electrons. The van der Waals surface area contributed by atoms with E-state index >= 15 is 4.39 Å². The first-order valence-corrected chi connectivity index (χ1v) is 13.4. The number of aromatic nitrogens is 1. The fourth-order valence-corrected chi connectivity index (χ4v) is 5.72. The van der Waals surface area contributed by atoms with E-state index in [0.717, 1.165) is 46.6 Å². The molecule has 0 bridgehead atoms. The standard InChI is InChI=1S/C30H25ClFN2O3S.Na.H2O/c1-17-14-24(26(32)15-23(17)20-8-10-21(11-9-20)30(16-35)12-13-30)28-27(18(2)34-38-28)33-29(36)37-19(3)22-6-4-5-7-25(22)31;;/h4-11,14-15,19H,12-13H2,1-3H3,(H,33,36);;1H2/q-1;+1;/p-1/t19-;;/m1../s1. The van der Waals surface area contributed by atoms with Crippen molar-refractivity contribution in [1.29, 1.82) is 0 Å². The molecule has 1 amide bonds. The zero-order valence-electron chi connectivity index (χ0n) is 22.5. The molecule has 2 N–H and O–H groups in total. The number of amides is 1. The van der Waals surface area contributed by atoms with Gasteiger partial charge >= 0.3 is 35.7 Å². The molecule has 10 heteroatoms. The van der Waals surface area contributed by atoms with Crippen LogP contribution in [-0.4, -0.2) is 22.2 Å². The first kappa shape index (κ1) is 31.9. The van der Waals surface area contributed by atoms with E-state index in [0.29, 0.717) is 32.4 Å². The molecule has 0 spiro atoms. The smallest absolute Gasteiger partial charge is 0.870 e. The Morgan fingerprint density at radius 1 is 1.12 bits per heavy atom. The van der Waals surface area contributed by atoms with E-state index in [2.05, 4.69) is 16.0 Å². The Labute approximate surface area is 263 Å². The molecule has 1 saturated carbocycles. The second-order valence-corrected chi connectivity index (χ2v) is 10.8. The van der Waals surface area contributed by atoms with Gasteiger partial charge in [0.15, 0.2) is 0 Å². The summed E-state index contributed by atoms with van der Waals surface area (Å²) in [6, 6.07) is 18.1. The van der Waals surface area contributed by atoms with Crippen molar-refractivity contribution in [3.05, 3.63) is 93.9 Å². The summed E-state index contributed by atoms with van der Waals surface area (Å²) in [6.45, 7) is 5.39. The average Bonchev–Trinajstić information content (AvgIpc) is 3.63. The van der Waals surface area contributed by atoms with Gasteiger partial charge in [-0.15, -0.1) is 5.41 Å². The number of anilines is 1. The molecule has 0 aliphatic heterocycles. The summed E-state index contributed by atoms with van der Waals surface area (Å²) < 4.78 is 25.4. The normalized spacial score (nSPS) is 13.8. The number of halogens is 2. The molecule has 1 fully saturated rings. The van der Waals surface area contributed by atoms with E-state index in [-0.39, 0.29) is 35.0 Å². The summed E-state index contributed by atoms with van der Waals surface area (Å²) in [6.07, 6.45) is 2.52. The predicted molar refractivity (Wildman–Crippen MR) is 151 cm³/mol. The number of nitrogens with one attached hydrogen (secondary N) is 1. The summed E-state index contributed by atoms with van der Waals surface area (Å²) in [4.78, 5) is 24.6. The maximum Gasteiger partial charge on any atom is 1.00 e. The van der Waals surface area contributed by atoms with Gasteiger partial charge in [-0.2, -0.15) is 4.37 Å². The van der Waals surface area contributed by atoms with Crippen LogP contribution in [-0.2, 0) is 14.9 Å². The molecule has 4 aromatic rings. The van der Waals surface area contributed by atoms with Crippen molar-refractivity contribution in [3.8, 4) is 21.6 Å². The van der Waals surface area contributed by atoms with Crippen molar-refractivity contribution < 1.29 is 53.7 Å². The fraction of sp³-hybridized carbons (Fsp3) is 0.233. The van der Waals surface area contributed by atoms with Gasteiger partial charge in [-0.3, -0.25) is 11.6 Å². The van der Waals surface area contributed by atoms with Crippen molar-refractivity contribution in [2.24, 2.45) is 0 Å². The molecule has 5 rings (SSSR count). The van der Waals surface area contributed by atoms with E-state index in [1.807, 2.05) is 37.3 Å². The first-order chi connectivity index (χ1) is 18.2. The molecule has 0 unspecified atom stereocenters. The van der Waals surface area contributed by atoms with Gasteiger partial charge in [0.05, 0.1) is 16.3 Å². The van der Waals surface area contributed by atoms with Crippen LogP contribution in [0.2, 0.25) is 5.02 Å². The second-order valence-electron chi connectivity index (χ2n) is 9.57. The molecular weight excluding hydrogens is 562 g/mol. The van der Waals surface area contributed by atoms with Crippen LogP contribution in [0.5, 0.6) is 0 Å². The quantitative estimate of drug-likeness (QED) is 0.238. The number of hydrogen-bond acceptors (Lipinski definition) is 6. The van der Waals surface area contributed by atoms with E-state index < -0.39 is 23.4 Å². The number of carbonyl (C=O) groups excluding carboxylic acids is 2. The SMILES string of the molecule is Cc1cc(-c2snc(C)c2NC(=O)O[C@H](C)c2ccccc2Cl)c(F)cc1-c1ccc(C2([C-]=O)CC2)cc1.[Na+].[OH-]. The number of carbonyl (C=O) groups is 1. The Morgan fingerprint density at radius 3 is 2.42 bits per heavy atom. The minimum Gasteiger partial charge on any atom is -0.870 e. The largest absolute Gasteiger partial charge is 1.00 e. The van der Waals surface area contributed by atoms with Crippen LogP contribution in [0, 0.1) is 19.7 Å². The van der Waals surface area contributed by atoms with Gasteiger partial charge in [0.1, 0.15) is 11.9 Å². The Hall–Kier alpha value is -2.59. The summed E-state index contributed by atoms with van der Waals surface area (Å²) in [5.74, 6) is -0.431. The van der Waals surface area contributed by atoms with Crippen molar-refractivity contribution in [1.82, 2.24) is 4.37 Å². The minimum absolute atomic E-state index is 0. The maximum absolute atomic E-state index is 15.5. The Morgan fingerprint density at radius 2 is 1.80 bits per heavy atom. The van der Waals surface area contributed by atoms with Crippen LogP contribution in [0.3, 0.4) is 0 Å². The third kappa shape index (κ3) is 6.33. The zero-order valence-corrected chi connectivity index (χ0v) is 26.1. The van der Waals surface area contributed by atoms with Gasteiger partial charge in [-0.25, -0.2) is 9.18 Å². The molecule has 3 aromatic carbocycles. The number of rotatable bonds is 7. The molecule has 6 nitrogen and oxygen atoms in total.